The van der Waals surface area contributed by atoms with E-state index in [9.17, 15) is 18.0 Å². The molecule has 4 rings (SSSR count). The molecule has 2 heterocycles. The number of nitrogens with one attached hydrogen (secondary N) is 1. The van der Waals surface area contributed by atoms with Crippen molar-refractivity contribution >= 4 is 26.7 Å². The quantitative estimate of drug-likeness (QED) is 0.486. The molecule has 0 radical (unpaired) electrons. The summed E-state index contributed by atoms with van der Waals surface area (Å²) in [6, 6.07) is 12.8. The summed E-state index contributed by atoms with van der Waals surface area (Å²) in [6.45, 7) is 2.23. The van der Waals surface area contributed by atoms with Gasteiger partial charge in [0.05, 0.1) is 43.4 Å². The number of fused-ring (bicyclic) bond motifs is 1. The zero-order valence-corrected chi connectivity index (χ0v) is 19.8. The van der Waals surface area contributed by atoms with Gasteiger partial charge in [0.15, 0.2) is 5.78 Å². The Hall–Kier alpha value is -3.05. The van der Waals surface area contributed by atoms with Gasteiger partial charge < -0.3 is 19.2 Å². The van der Waals surface area contributed by atoms with E-state index in [1.54, 1.807) is 30.3 Å². The van der Waals surface area contributed by atoms with Gasteiger partial charge in [-0.2, -0.15) is 4.31 Å². The fourth-order valence-electron chi connectivity index (χ4n) is 3.80. The number of ketones is 1. The smallest absolute Gasteiger partial charge is 0.252 e. The summed E-state index contributed by atoms with van der Waals surface area (Å²) in [7, 11) is -2.53. The molecule has 180 valence electrons. The molecular formula is C24H26N2O7S. The van der Waals surface area contributed by atoms with Crippen molar-refractivity contribution in [3.8, 4) is 5.75 Å². The number of pyridine rings is 1. The first-order valence-corrected chi connectivity index (χ1v) is 12.2. The van der Waals surface area contributed by atoms with Crippen molar-refractivity contribution in [3.63, 3.8) is 0 Å². The first kappa shape index (κ1) is 24.1. The number of rotatable bonds is 8. The molecule has 2 aromatic carbocycles. The molecule has 0 aliphatic carbocycles. The van der Waals surface area contributed by atoms with Gasteiger partial charge in [-0.05, 0) is 42.6 Å². The molecule has 1 fully saturated rings. The van der Waals surface area contributed by atoms with Crippen LogP contribution < -0.4 is 10.3 Å². The van der Waals surface area contributed by atoms with Crippen LogP contribution in [0.2, 0.25) is 0 Å². The molecule has 0 spiro atoms. The highest BCUT2D eigenvalue weighted by Gasteiger charge is 2.30. The minimum atomic E-state index is -4.06. The van der Waals surface area contributed by atoms with Crippen LogP contribution in [0.5, 0.6) is 5.75 Å². The van der Waals surface area contributed by atoms with Crippen molar-refractivity contribution in [1.29, 1.82) is 0 Å². The average molecular weight is 487 g/mol. The largest absolute Gasteiger partial charge is 0.497 e. The van der Waals surface area contributed by atoms with Crippen LogP contribution in [0.15, 0.2) is 58.2 Å². The first-order valence-electron chi connectivity index (χ1n) is 10.8. The van der Waals surface area contributed by atoms with E-state index in [0.717, 1.165) is 5.39 Å². The maximum atomic E-state index is 13.6. The predicted molar refractivity (Wildman–Crippen MR) is 126 cm³/mol. The van der Waals surface area contributed by atoms with Gasteiger partial charge in [0, 0.05) is 30.3 Å². The number of nitrogens with zero attached hydrogens (tertiary/aromatic N) is 1. The van der Waals surface area contributed by atoms with Gasteiger partial charge >= 0.3 is 0 Å². The number of H-pyrrole nitrogens is 1. The number of sulfonamides is 1. The first-order chi connectivity index (χ1) is 16.3. The second-order valence-corrected chi connectivity index (χ2v) is 9.96. The fourth-order valence-corrected chi connectivity index (χ4v) is 5.30. The van der Waals surface area contributed by atoms with Crippen LogP contribution in [-0.2, 0) is 26.0 Å². The van der Waals surface area contributed by atoms with Crippen molar-refractivity contribution in [2.45, 2.75) is 24.5 Å². The minimum Gasteiger partial charge on any atom is -0.497 e. The van der Waals surface area contributed by atoms with Crippen LogP contribution in [0.4, 0.5) is 0 Å². The summed E-state index contributed by atoms with van der Waals surface area (Å²) >= 11 is 0. The van der Waals surface area contributed by atoms with E-state index in [2.05, 4.69) is 4.98 Å². The van der Waals surface area contributed by atoms with E-state index < -0.39 is 21.7 Å². The van der Waals surface area contributed by atoms with Crippen LogP contribution in [0.3, 0.4) is 0 Å². The third kappa shape index (κ3) is 5.20. The molecule has 1 saturated heterocycles. The standard InChI is InChI=1S/C24H26N2O7S/c1-16(27)17-4-3-5-22(11-17)34(29,30)26(14-21-15-32-8-9-33-21)13-19-10-18-6-7-20(31-2)12-23(18)25-24(19)28/h3-7,10-12,21H,8-9,13-15H2,1-2H3,(H,25,28)/t21-/m1/s1. The van der Waals surface area contributed by atoms with Crippen LogP contribution >= 0.6 is 0 Å². The number of aromatic amines is 1. The Kier molecular flexibility index (Phi) is 7.13. The van der Waals surface area contributed by atoms with Crippen molar-refractivity contribution < 1.29 is 27.4 Å². The number of hydrogen-bond acceptors (Lipinski definition) is 7. The van der Waals surface area contributed by atoms with Crippen molar-refractivity contribution in [2.75, 3.05) is 33.5 Å². The Morgan fingerprint density at radius 2 is 2.00 bits per heavy atom. The van der Waals surface area contributed by atoms with E-state index in [0.29, 0.717) is 24.5 Å². The van der Waals surface area contributed by atoms with Gasteiger partial charge in [0.2, 0.25) is 10.0 Å². The number of ether oxygens (including phenoxy) is 3. The summed E-state index contributed by atoms with van der Waals surface area (Å²) in [5, 5.41) is 0.739. The summed E-state index contributed by atoms with van der Waals surface area (Å²) in [5.41, 5.74) is 0.747. The molecule has 34 heavy (non-hydrogen) atoms. The van der Waals surface area contributed by atoms with Crippen LogP contribution in [-0.4, -0.2) is 63.1 Å². The topological polar surface area (TPSA) is 115 Å². The number of hydrogen-bond donors (Lipinski definition) is 1. The molecule has 0 saturated carbocycles. The van der Waals surface area contributed by atoms with Gasteiger partial charge in [-0.1, -0.05) is 12.1 Å². The Morgan fingerprint density at radius 1 is 1.18 bits per heavy atom. The number of carbonyl (C=O) groups is 1. The lowest BCUT2D eigenvalue weighted by molar-refractivity contribution is -0.0923. The molecule has 0 amide bonds. The van der Waals surface area contributed by atoms with E-state index >= 15 is 0 Å². The maximum Gasteiger partial charge on any atom is 0.252 e. The van der Waals surface area contributed by atoms with Gasteiger partial charge in [-0.25, -0.2) is 8.42 Å². The molecule has 1 aliphatic heterocycles. The normalized spacial score (nSPS) is 16.6. The van der Waals surface area contributed by atoms with E-state index in [-0.39, 0.29) is 41.5 Å². The minimum absolute atomic E-state index is 0.00722. The van der Waals surface area contributed by atoms with Gasteiger partial charge in [-0.3, -0.25) is 9.59 Å². The van der Waals surface area contributed by atoms with Crippen LogP contribution in [0, 0.1) is 0 Å². The number of carbonyl (C=O) groups excluding carboxylic acids is 1. The molecule has 9 nitrogen and oxygen atoms in total. The van der Waals surface area contributed by atoms with E-state index in [4.69, 9.17) is 14.2 Å². The zero-order valence-electron chi connectivity index (χ0n) is 18.9. The molecule has 0 unspecified atom stereocenters. The monoisotopic (exact) mass is 486 g/mol. The van der Waals surface area contributed by atoms with Gasteiger partial charge in [0.25, 0.3) is 5.56 Å². The molecule has 3 aromatic rings. The zero-order chi connectivity index (χ0) is 24.3. The predicted octanol–water partition coefficient (Wildman–Crippen LogP) is 2.35. The van der Waals surface area contributed by atoms with Crippen molar-refractivity contribution in [2.24, 2.45) is 0 Å². The highest BCUT2D eigenvalue weighted by Crippen LogP contribution is 2.23. The van der Waals surface area contributed by atoms with Gasteiger partial charge in [0.1, 0.15) is 5.75 Å². The average Bonchev–Trinajstić information content (AvgIpc) is 2.84. The third-order valence-electron chi connectivity index (χ3n) is 5.65. The molecule has 10 heteroatoms. The second kappa shape index (κ2) is 10.1. The number of Topliss-reactive ketones (excluding diaryl/α,β-unsaturated/α-hetero) is 1. The Labute approximate surface area is 197 Å². The van der Waals surface area contributed by atoms with Gasteiger partial charge in [-0.15, -0.1) is 0 Å². The molecule has 0 bridgehead atoms. The lowest BCUT2D eigenvalue weighted by atomic mass is 10.1. The van der Waals surface area contributed by atoms with Crippen molar-refractivity contribution in [3.05, 3.63) is 70.0 Å². The Bertz CT molecular complexity index is 1360. The SMILES string of the molecule is COc1ccc2cc(CN(C[C@@H]3COCCO3)S(=O)(=O)c3cccc(C(C)=O)c3)c(=O)[nH]c2c1. The fraction of sp³-hybridized carbons (Fsp3) is 0.333. The number of aromatic nitrogens is 1. The lowest BCUT2D eigenvalue weighted by Crippen LogP contribution is -2.43. The summed E-state index contributed by atoms with van der Waals surface area (Å²) in [4.78, 5) is 27.4. The van der Waals surface area contributed by atoms with E-state index in [1.807, 2.05) is 0 Å². The molecule has 1 N–H and O–H groups in total. The number of methoxy groups -OCH3 is 1. The maximum absolute atomic E-state index is 13.6. The summed E-state index contributed by atoms with van der Waals surface area (Å²) in [5.74, 6) is 0.355. The Morgan fingerprint density at radius 3 is 2.71 bits per heavy atom. The second-order valence-electron chi connectivity index (χ2n) is 8.03. The molecule has 1 aromatic heterocycles. The number of benzene rings is 2. The van der Waals surface area contributed by atoms with E-state index in [1.165, 1.54) is 36.5 Å². The van der Waals surface area contributed by atoms with Crippen LogP contribution in [0.1, 0.15) is 22.8 Å². The Balaban J connectivity index is 1.73. The molecular weight excluding hydrogens is 460 g/mol. The highest BCUT2D eigenvalue weighted by molar-refractivity contribution is 7.89. The van der Waals surface area contributed by atoms with Crippen molar-refractivity contribution in [1.82, 2.24) is 9.29 Å². The summed E-state index contributed by atoms with van der Waals surface area (Å²) in [6.07, 6.45) is -0.483. The third-order valence-corrected chi connectivity index (χ3v) is 7.45. The molecule has 1 atom stereocenters. The summed E-state index contributed by atoms with van der Waals surface area (Å²) < 4.78 is 44.8. The highest BCUT2D eigenvalue weighted by atomic mass is 32.2. The lowest BCUT2D eigenvalue weighted by Gasteiger charge is -2.29. The molecule has 1 aliphatic rings. The van der Waals surface area contributed by atoms with Crippen LogP contribution in [0.25, 0.3) is 10.9 Å².